The summed E-state index contributed by atoms with van der Waals surface area (Å²) in [6.07, 6.45) is 5.28. The topological polar surface area (TPSA) is 124 Å². The van der Waals surface area contributed by atoms with Crippen LogP contribution in [-0.2, 0) is 0 Å². The Kier molecular flexibility index (Phi) is 7.23. The molecule has 0 saturated heterocycles. The first kappa shape index (κ1) is 13.6. The van der Waals surface area contributed by atoms with Gasteiger partial charge in [0.05, 0.1) is 11.7 Å². The summed E-state index contributed by atoms with van der Waals surface area (Å²) >= 11 is 0. The summed E-state index contributed by atoms with van der Waals surface area (Å²) in [6.45, 7) is 0. The maximum Gasteiger partial charge on any atom is 0.0905 e. The molecule has 0 heterocycles. The minimum absolute atomic E-state index is 0.194. The molecule has 0 bridgehead atoms. The number of hydrogen-bond donors (Lipinski definition) is 5. The lowest BCUT2D eigenvalue weighted by Crippen LogP contribution is -2.10. The van der Waals surface area contributed by atoms with Crippen molar-refractivity contribution in [1.82, 2.24) is 0 Å². The van der Waals surface area contributed by atoms with Crippen LogP contribution < -0.4 is 11.5 Å². The maximum absolute atomic E-state index is 7.62. The van der Waals surface area contributed by atoms with Crippen molar-refractivity contribution in [2.75, 3.05) is 0 Å². The lowest BCUT2D eigenvalue weighted by Gasteiger charge is -2.03. The molecule has 0 unspecified atom stereocenters. The first-order valence-corrected chi connectivity index (χ1v) is 5.24. The van der Waals surface area contributed by atoms with Gasteiger partial charge in [-0.3, -0.25) is 10.8 Å². The van der Waals surface area contributed by atoms with Crippen LogP contribution in [0.2, 0.25) is 0 Å². The molecule has 0 aromatic carbocycles. The van der Waals surface area contributed by atoms with Crippen molar-refractivity contribution in [2.45, 2.75) is 44.9 Å². The summed E-state index contributed by atoms with van der Waals surface area (Å²) < 4.78 is 0. The Labute approximate surface area is 90.8 Å². The van der Waals surface area contributed by atoms with Gasteiger partial charge in [0.2, 0.25) is 0 Å². The van der Waals surface area contributed by atoms with Gasteiger partial charge in [0.25, 0.3) is 0 Å². The van der Waals surface area contributed by atoms with Crippen LogP contribution in [0.25, 0.3) is 0 Å². The van der Waals surface area contributed by atoms with Gasteiger partial charge in [-0.05, 0) is 32.1 Å². The van der Waals surface area contributed by atoms with Crippen molar-refractivity contribution in [3.63, 3.8) is 0 Å². The van der Waals surface area contributed by atoms with Crippen molar-refractivity contribution < 1.29 is 0 Å². The quantitative estimate of drug-likeness (QED) is 0.226. The highest BCUT2D eigenvalue weighted by atomic mass is 14.7. The van der Waals surface area contributed by atoms with Gasteiger partial charge in [-0.2, -0.15) is 0 Å². The molecule has 5 nitrogen and oxygen atoms in total. The van der Waals surface area contributed by atoms with Crippen LogP contribution in [0.5, 0.6) is 0 Å². The van der Waals surface area contributed by atoms with Gasteiger partial charge in [0.1, 0.15) is 0 Å². The molecule has 0 rings (SSSR count). The molecule has 0 fully saturated rings. The van der Waals surface area contributed by atoms with E-state index in [1.54, 1.807) is 0 Å². The monoisotopic (exact) mass is 211 g/mol. The van der Waals surface area contributed by atoms with E-state index < -0.39 is 0 Å². The molecule has 0 amide bonds. The average Bonchev–Trinajstić information content (AvgIpc) is 2.11. The van der Waals surface area contributed by atoms with E-state index in [9.17, 15) is 0 Å². The summed E-state index contributed by atoms with van der Waals surface area (Å²) in [4.78, 5) is 0. The first-order valence-electron chi connectivity index (χ1n) is 5.24. The highest BCUT2D eigenvalue weighted by molar-refractivity contribution is 5.82. The Morgan fingerprint density at radius 1 is 0.667 bits per heavy atom. The summed E-state index contributed by atoms with van der Waals surface area (Å²) in [5, 5.41) is 21.7. The van der Waals surface area contributed by atoms with Crippen molar-refractivity contribution in [2.24, 2.45) is 11.5 Å². The number of unbranched alkanes of at least 4 members (excludes halogenated alkanes) is 1. The molecular weight excluding hydrogens is 190 g/mol. The van der Waals surface area contributed by atoms with Crippen molar-refractivity contribution in [3.8, 4) is 0 Å². The third-order valence-corrected chi connectivity index (χ3v) is 2.10. The Morgan fingerprint density at radius 3 is 1.60 bits per heavy atom. The number of hydrogen-bond acceptors (Lipinski definition) is 3. The van der Waals surface area contributed by atoms with Crippen LogP contribution in [0.4, 0.5) is 0 Å². The maximum atomic E-state index is 7.62. The minimum Gasteiger partial charge on any atom is -0.388 e. The van der Waals surface area contributed by atoms with E-state index in [-0.39, 0.29) is 11.7 Å². The van der Waals surface area contributed by atoms with Crippen molar-refractivity contribution >= 4 is 17.4 Å². The Morgan fingerprint density at radius 2 is 1.07 bits per heavy atom. The molecule has 0 spiro atoms. The minimum atomic E-state index is 0.194. The predicted molar refractivity (Wildman–Crippen MR) is 63.9 cm³/mol. The zero-order valence-corrected chi connectivity index (χ0v) is 9.10. The fraction of sp³-hybridized carbons (Fsp3) is 0.700. The lowest BCUT2D eigenvalue weighted by molar-refractivity contribution is 0.770. The molecular formula is C10H21N5. The molecule has 5 heteroatoms. The fourth-order valence-corrected chi connectivity index (χ4v) is 1.27. The molecule has 0 aliphatic carbocycles. The summed E-state index contributed by atoms with van der Waals surface area (Å²) in [5.74, 6) is 0.414. The van der Waals surface area contributed by atoms with Gasteiger partial charge < -0.3 is 16.9 Å². The molecule has 0 aromatic heterocycles. The second kappa shape index (κ2) is 7.96. The summed E-state index contributed by atoms with van der Waals surface area (Å²) in [6, 6.07) is 0. The number of rotatable bonds is 9. The second-order valence-electron chi connectivity index (χ2n) is 3.71. The van der Waals surface area contributed by atoms with E-state index in [4.69, 9.17) is 27.7 Å². The van der Waals surface area contributed by atoms with E-state index >= 15 is 0 Å². The first-order chi connectivity index (χ1) is 7.02. The van der Waals surface area contributed by atoms with E-state index in [1.807, 2.05) is 0 Å². The summed E-state index contributed by atoms with van der Waals surface area (Å²) in [7, 11) is 0. The molecule has 0 aromatic rings. The molecule has 0 aliphatic heterocycles. The van der Waals surface area contributed by atoms with Crippen LogP contribution in [0.1, 0.15) is 44.9 Å². The van der Waals surface area contributed by atoms with Gasteiger partial charge >= 0.3 is 0 Å². The molecule has 0 atom stereocenters. The fourth-order valence-electron chi connectivity index (χ4n) is 1.27. The van der Waals surface area contributed by atoms with E-state index in [0.717, 1.165) is 32.1 Å². The van der Waals surface area contributed by atoms with E-state index in [2.05, 4.69) is 0 Å². The van der Waals surface area contributed by atoms with E-state index in [1.165, 1.54) is 0 Å². The third-order valence-electron chi connectivity index (χ3n) is 2.10. The lowest BCUT2D eigenvalue weighted by atomic mass is 10.1. The van der Waals surface area contributed by atoms with Gasteiger partial charge in [-0.15, -0.1) is 0 Å². The van der Waals surface area contributed by atoms with Crippen LogP contribution in [0.15, 0.2) is 0 Å². The normalized spacial score (nSPS) is 9.87. The molecule has 0 saturated carbocycles. The van der Waals surface area contributed by atoms with Crippen LogP contribution >= 0.6 is 0 Å². The number of amidine groups is 2. The standard InChI is InChI=1S/C10H21N5/c11-8(5-3-7-10(14)15)4-1-2-6-9(12)13/h11H,1-7H2,(H3,12,13)(H3,14,15). The molecule has 86 valence electrons. The summed E-state index contributed by atoms with van der Waals surface area (Å²) in [5.41, 5.74) is 11.1. The van der Waals surface area contributed by atoms with Gasteiger partial charge in [0, 0.05) is 18.6 Å². The third kappa shape index (κ3) is 10.5. The Hall–Kier alpha value is -1.39. The average molecular weight is 211 g/mol. The zero-order valence-electron chi connectivity index (χ0n) is 9.10. The molecule has 0 aliphatic rings. The highest BCUT2D eigenvalue weighted by Gasteiger charge is 1.99. The van der Waals surface area contributed by atoms with Crippen LogP contribution in [-0.4, -0.2) is 17.4 Å². The zero-order chi connectivity index (χ0) is 11.7. The molecule has 7 N–H and O–H groups in total. The van der Waals surface area contributed by atoms with E-state index in [0.29, 0.717) is 18.6 Å². The smallest absolute Gasteiger partial charge is 0.0905 e. The largest absolute Gasteiger partial charge is 0.388 e. The predicted octanol–water partition coefficient (Wildman–Crippen LogP) is 1.61. The van der Waals surface area contributed by atoms with Crippen LogP contribution in [0.3, 0.4) is 0 Å². The Balaban J connectivity index is 3.33. The van der Waals surface area contributed by atoms with Crippen molar-refractivity contribution in [3.05, 3.63) is 0 Å². The van der Waals surface area contributed by atoms with Crippen molar-refractivity contribution in [1.29, 1.82) is 16.2 Å². The van der Waals surface area contributed by atoms with Gasteiger partial charge in [-0.1, -0.05) is 0 Å². The SMILES string of the molecule is N=C(N)CCCCC(=N)CCCC(=N)N. The van der Waals surface area contributed by atoms with Gasteiger partial charge in [0.15, 0.2) is 0 Å². The highest BCUT2D eigenvalue weighted by Crippen LogP contribution is 2.05. The second-order valence-corrected chi connectivity index (χ2v) is 3.71. The van der Waals surface area contributed by atoms with Gasteiger partial charge in [-0.25, -0.2) is 0 Å². The Bertz CT molecular complexity index is 234. The molecule has 15 heavy (non-hydrogen) atoms. The number of nitrogens with two attached hydrogens (primary N) is 2. The number of nitrogens with one attached hydrogen (secondary N) is 3. The van der Waals surface area contributed by atoms with Crippen LogP contribution in [0, 0.1) is 16.2 Å². The molecule has 0 radical (unpaired) electrons.